The first-order chi connectivity index (χ1) is 17.1. The normalized spacial score (nSPS) is 28.2. The van der Waals surface area contributed by atoms with E-state index >= 15 is 0 Å². The van der Waals surface area contributed by atoms with E-state index in [2.05, 4.69) is 69.9 Å². The van der Waals surface area contributed by atoms with Gasteiger partial charge in [0.05, 0.1) is 11.9 Å². The monoisotopic (exact) mass is 492 g/mol. The van der Waals surface area contributed by atoms with Crippen molar-refractivity contribution in [3.63, 3.8) is 0 Å². The van der Waals surface area contributed by atoms with Crippen LogP contribution in [0.4, 0.5) is 0 Å². The predicted molar refractivity (Wildman–Crippen MR) is 146 cm³/mol. The third-order valence-corrected chi connectivity index (χ3v) is 7.98. The summed E-state index contributed by atoms with van der Waals surface area (Å²) in [5, 5.41) is 0. The zero-order valence-electron chi connectivity index (χ0n) is 22.8. The summed E-state index contributed by atoms with van der Waals surface area (Å²) >= 11 is 0. The van der Waals surface area contributed by atoms with Crippen molar-refractivity contribution in [2.45, 2.75) is 84.7 Å². The first kappa shape index (κ1) is 26.4. The highest BCUT2D eigenvalue weighted by Gasteiger charge is 2.41. The number of hydrogen-bond acceptors (Lipinski definition) is 4. The van der Waals surface area contributed by atoms with Crippen molar-refractivity contribution in [2.24, 2.45) is 28.5 Å². The molecule has 0 aromatic rings. The summed E-state index contributed by atoms with van der Waals surface area (Å²) < 4.78 is 0. The molecule has 0 saturated carbocycles. The number of nitrogens with zero attached hydrogens (tertiary/aromatic N) is 3. The van der Waals surface area contributed by atoms with E-state index in [9.17, 15) is 9.59 Å². The number of carbonyl (C=O) groups excluding carboxylic acids is 2. The lowest BCUT2D eigenvalue weighted by atomic mass is 9.73. The van der Waals surface area contributed by atoms with Gasteiger partial charge in [-0.05, 0) is 69.9 Å². The van der Waals surface area contributed by atoms with E-state index in [1.165, 1.54) is 11.1 Å². The summed E-state index contributed by atoms with van der Waals surface area (Å²) in [4.78, 5) is 35.3. The number of amidine groups is 1. The van der Waals surface area contributed by atoms with Gasteiger partial charge in [-0.25, -0.2) is 0 Å². The Morgan fingerprint density at radius 2 is 1.86 bits per heavy atom. The van der Waals surface area contributed by atoms with E-state index in [1.54, 1.807) is 0 Å². The Kier molecular flexibility index (Phi) is 7.91. The Balaban J connectivity index is 1.52. The quantitative estimate of drug-likeness (QED) is 0.579. The average Bonchev–Trinajstić information content (AvgIpc) is 3.00. The van der Waals surface area contributed by atoms with E-state index in [0.717, 1.165) is 57.3 Å². The lowest BCUT2D eigenvalue weighted by Gasteiger charge is -2.45. The minimum Gasteiger partial charge on any atom is -0.387 e. The van der Waals surface area contributed by atoms with Gasteiger partial charge in [0.25, 0.3) is 0 Å². The van der Waals surface area contributed by atoms with Crippen LogP contribution in [0.2, 0.25) is 0 Å². The Morgan fingerprint density at radius 1 is 1.14 bits per heavy atom. The average molecular weight is 493 g/mol. The third-order valence-electron chi connectivity index (χ3n) is 7.98. The number of hydrogen-bond donors (Lipinski definition) is 1. The third kappa shape index (κ3) is 5.52. The molecule has 196 valence electrons. The second kappa shape index (κ2) is 10.8. The molecule has 2 heterocycles. The van der Waals surface area contributed by atoms with Crippen molar-refractivity contribution in [3.05, 3.63) is 47.1 Å². The Bertz CT molecular complexity index is 1020. The van der Waals surface area contributed by atoms with Crippen LogP contribution in [0.15, 0.2) is 52.1 Å². The van der Waals surface area contributed by atoms with Gasteiger partial charge in [0, 0.05) is 49.0 Å². The fraction of sp³-hybridized carbons (Fsp3) is 0.633. The Labute approximate surface area is 217 Å². The summed E-state index contributed by atoms with van der Waals surface area (Å²) in [6, 6.07) is -0.0934. The molecule has 4 unspecified atom stereocenters. The number of fused-ring (bicyclic) bond motifs is 2. The van der Waals surface area contributed by atoms with Gasteiger partial charge in [0.15, 0.2) is 0 Å². The van der Waals surface area contributed by atoms with Crippen LogP contribution in [-0.4, -0.2) is 58.7 Å². The molecule has 4 rings (SSSR count). The van der Waals surface area contributed by atoms with Gasteiger partial charge >= 0.3 is 0 Å². The van der Waals surface area contributed by atoms with Crippen LogP contribution < -0.4 is 5.73 Å². The second-order valence-corrected chi connectivity index (χ2v) is 11.8. The second-order valence-electron chi connectivity index (χ2n) is 11.8. The standard InChI is InChI=1S/C30H44N4O2/c1-6-13-33(14-7-2)28(35)24-17-23-9-8-21(18-26(23)32-27(31)19-24)20-10-11-25-22(16-20)12-15-34(29(25)36)30(3,4)5/h8-9,16-18,22-23,25-26H,6-7,10-15,19H2,1-5H3,(H2,31,32). The van der Waals surface area contributed by atoms with Crippen molar-refractivity contribution in [3.8, 4) is 0 Å². The van der Waals surface area contributed by atoms with E-state index in [4.69, 9.17) is 10.7 Å². The van der Waals surface area contributed by atoms with Gasteiger partial charge < -0.3 is 15.5 Å². The smallest absolute Gasteiger partial charge is 0.249 e. The van der Waals surface area contributed by atoms with Gasteiger partial charge in [-0.3, -0.25) is 14.6 Å². The highest BCUT2D eigenvalue weighted by Crippen LogP contribution is 2.41. The minimum absolute atomic E-state index is 0.0346. The van der Waals surface area contributed by atoms with Crippen LogP contribution in [-0.2, 0) is 9.59 Å². The van der Waals surface area contributed by atoms with Gasteiger partial charge in [0.1, 0.15) is 0 Å². The van der Waals surface area contributed by atoms with Gasteiger partial charge in [-0.2, -0.15) is 0 Å². The van der Waals surface area contributed by atoms with E-state index in [-0.39, 0.29) is 29.3 Å². The highest BCUT2D eigenvalue weighted by atomic mass is 16.2. The molecule has 2 aliphatic heterocycles. The molecule has 4 atom stereocenters. The molecular formula is C30H44N4O2. The van der Waals surface area contributed by atoms with Crippen LogP contribution in [0.5, 0.6) is 0 Å². The summed E-state index contributed by atoms with van der Waals surface area (Å²) in [5.74, 6) is 1.37. The van der Waals surface area contributed by atoms with Crippen molar-refractivity contribution >= 4 is 17.6 Å². The Morgan fingerprint density at radius 3 is 2.53 bits per heavy atom. The molecule has 4 aliphatic rings. The molecular weight excluding hydrogens is 448 g/mol. The van der Waals surface area contributed by atoms with E-state index in [0.29, 0.717) is 24.1 Å². The van der Waals surface area contributed by atoms with Crippen LogP contribution in [0.25, 0.3) is 0 Å². The van der Waals surface area contributed by atoms with Gasteiger partial charge in [-0.1, -0.05) is 44.2 Å². The molecule has 0 radical (unpaired) electrons. The molecule has 1 saturated heterocycles. The van der Waals surface area contributed by atoms with Crippen molar-refractivity contribution in [1.82, 2.24) is 9.80 Å². The summed E-state index contributed by atoms with van der Waals surface area (Å²) in [6.07, 6.45) is 16.1. The number of aliphatic imine (C=N–C) groups is 1. The molecule has 0 aromatic carbocycles. The fourth-order valence-electron chi connectivity index (χ4n) is 6.17. The van der Waals surface area contributed by atoms with Crippen molar-refractivity contribution < 1.29 is 9.59 Å². The lowest BCUT2D eigenvalue weighted by molar-refractivity contribution is -0.146. The molecule has 2 N–H and O–H groups in total. The zero-order chi connectivity index (χ0) is 26.0. The van der Waals surface area contributed by atoms with Crippen molar-refractivity contribution in [1.29, 1.82) is 0 Å². The van der Waals surface area contributed by atoms with Crippen LogP contribution >= 0.6 is 0 Å². The molecule has 1 fully saturated rings. The van der Waals surface area contributed by atoms with Gasteiger partial charge in [0.2, 0.25) is 11.8 Å². The molecule has 2 amide bonds. The topological polar surface area (TPSA) is 79.0 Å². The van der Waals surface area contributed by atoms with Crippen LogP contribution in [0, 0.1) is 17.8 Å². The minimum atomic E-state index is -0.120. The van der Waals surface area contributed by atoms with Crippen molar-refractivity contribution in [2.75, 3.05) is 19.6 Å². The number of nitrogens with two attached hydrogens (primary N) is 1. The van der Waals surface area contributed by atoms with Crippen LogP contribution in [0.3, 0.4) is 0 Å². The number of rotatable bonds is 6. The molecule has 6 heteroatoms. The summed E-state index contributed by atoms with van der Waals surface area (Å²) in [7, 11) is 0. The number of carbonyl (C=O) groups is 2. The maximum Gasteiger partial charge on any atom is 0.249 e. The Hall–Kier alpha value is -2.63. The fourth-order valence-corrected chi connectivity index (χ4v) is 6.17. The number of amides is 2. The van der Waals surface area contributed by atoms with E-state index < -0.39 is 0 Å². The molecule has 0 aromatic heterocycles. The first-order valence-corrected chi connectivity index (χ1v) is 13.9. The number of piperidine rings is 1. The zero-order valence-corrected chi connectivity index (χ0v) is 22.8. The SMILES string of the molecule is CCCN(CCC)C(=O)C1=CC2C=CC(C3=CC4CCN(C(C)(C)C)C(=O)C4CC3)=CC2N=C(N)C1. The van der Waals surface area contributed by atoms with E-state index in [1.807, 2.05) is 4.90 Å². The summed E-state index contributed by atoms with van der Waals surface area (Å²) in [5.41, 5.74) is 9.47. The molecule has 0 spiro atoms. The number of allylic oxidation sites excluding steroid dienone is 4. The predicted octanol–water partition coefficient (Wildman–Crippen LogP) is 4.79. The molecule has 6 nitrogen and oxygen atoms in total. The largest absolute Gasteiger partial charge is 0.387 e. The maximum absolute atomic E-state index is 13.3. The van der Waals surface area contributed by atoms with Gasteiger partial charge in [-0.15, -0.1) is 0 Å². The highest BCUT2D eigenvalue weighted by molar-refractivity contribution is 6.00. The van der Waals surface area contributed by atoms with Crippen LogP contribution in [0.1, 0.15) is 73.1 Å². The summed E-state index contributed by atoms with van der Waals surface area (Å²) in [6.45, 7) is 12.9. The lowest BCUT2D eigenvalue weighted by Crippen LogP contribution is -2.54. The molecule has 0 bridgehead atoms. The molecule has 36 heavy (non-hydrogen) atoms. The first-order valence-electron chi connectivity index (χ1n) is 13.9. The number of likely N-dealkylation sites (tertiary alicyclic amines) is 1. The maximum atomic E-state index is 13.3. The molecule has 2 aliphatic carbocycles.